The molecule has 19 atom stereocenters. The summed E-state index contributed by atoms with van der Waals surface area (Å²) in [5.74, 6) is -23.6. The molecule has 0 aliphatic heterocycles. The molecule has 30 N–H and O–H groups in total. The minimum Gasteiger partial charge on any atom is -0.481 e. The lowest BCUT2D eigenvalue weighted by Gasteiger charge is -2.26. The van der Waals surface area contributed by atoms with E-state index in [9.17, 15) is 164 Å². The molecule has 50 heteroatoms. The fourth-order valence-electron chi connectivity index (χ4n) is 11.3. The number of nitrogen functional groups attached to an aromatic ring is 1. The molecule has 2 heterocycles. The van der Waals surface area contributed by atoms with Crippen molar-refractivity contribution in [3.8, 4) is 0 Å². The number of amides is 7. The SMILES string of the molecule is COCCSSC[C@@H](NC(=O)[C@H](CCC(=O)NC[C@H](O)[C@@H](O)[C@H](O)[C@H](O)CO)CC(=O)[C@@H](CCC(=O)O)NC(=O)[C@H](CCC(=O)NC[C@H](O)[C@@H](O)[C@H](O)[C@H](O)CO)CC(=O)[C@@H](CCC(=O)O)NC(=O)[C@H](CCC(=O)NC[C@H](O)[C@@H](O)[C@H](O)[C@H](O)CO)CC(=O)CC[C@@H](NC(=O)c1ccc(NCc2cnc3nc(N)[nH]c(=O)c3n2)cc1)C(=O)O)C(=O)O. The molecule has 0 saturated heterocycles. The molecule has 1 aromatic carbocycles. The summed E-state index contributed by atoms with van der Waals surface area (Å²) in [6.07, 6.45) is -36.6. The first-order valence-electron chi connectivity index (χ1n) is 37.6. The minimum absolute atomic E-state index is 0.0112. The Kier molecular flexibility index (Phi) is 47.6. The maximum atomic E-state index is 14.8. The number of Topliss-reactive ketones (excluding diaryl/α,β-unsaturated/α-hetero) is 3. The van der Waals surface area contributed by atoms with E-state index in [2.05, 4.69) is 62.5 Å². The Balaban J connectivity index is 2.09. The highest BCUT2D eigenvalue weighted by molar-refractivity contribution is 8.76. The number of benzene rings is 1. The number of carbonyl (C=O) groups is 14. The highest BCUT2D eigenvalue weighted by Gasteiger charge is 2.38. The number of rotatable bonds is 63. The summed E-state index contributed by atoms with van der Waals surface area (Å²) in [4.78, 5) is 217. The molecule has 0 aliphatic rings. The molecule has 0 aliphatic carbocycles. The van der Waals surface area contributed by atoms with Crippen molar-refractivity contribution in [2.45, 2.75) is 200 Å². The van der Waals surface area contributed by atoms with Crippen LogP contribution in [-0.4, -0.2) is 362 Å². The van der Waals surface area contributed by atoms with Gasteiger partial charge >= 0.3 is 23.9 Å². The third-order valence-corrected chi connectivity index (χ3v) is 20.9. The van der Waals surface area contributed by atoms with Crippen molar-refractivity contribution in [1.29, 1.82) is 0 Å². The Hall–Kier alpha value is -9.72. The van der Waals surface area contributed by atoms with E-state index in [1.165, 1.54) is 37.6 Å². The molecule has 0 bridgehead atoms. The Morgan fingerprint density at radius 1 is 0.479 bits per heavy atom. The number of aliphatic carboxylic acids is 4. The van der Waals surface area contributed by atoms with Gasteiger partial charge in [-0.1, -0.05) is 21.6 Å². The summed E-state index contributed by atoms with van der Waals surface area (Å²) in [5, 5.41) is 208. The first kappa shape index (κ1) is 105. The number of aromatic amines is 1. The lowest BCUT2D eigenvalue weighted by Crippen LogP contribution is -2.50. The number of hydrogen-bond acceptors (Lipinski definition) is 38. The Morgan fingerprint density at radius 2 is 0.876 bits per heavy atom. The van der Waals surface area contributed by atoms with E-state index in [4.69, 9.17) is 15.6 Å². The van der Waals surface area contributed by atoms with Crippen molar-refractivity contribution in [2.24, 2.45) is 17.8 Å². The van der Waals surface area contributed by atoms with Crippen LogP contribution in [0.1, 0.15) is 112 Å². The van der Waals surface area contributed by atoms with Crippen molar-refractivity contribution in [1.82, 2.24) is 57.2 Å². The van der Waals surface area contributed by atoms with Gasteiger partial charge in [-0.2, -0.15) is 4.98 Å². The highest BCUT2D eigenvalue weighted by Crippen LogP contribution is 2.25. The number of nitrogens with zero attached hydrogens (tertiary/aromatic N) is 3. The summed E-state index contributed by atoms with van der Waals surface area (Å²) in [6.45, 7) is -5.59. The van der Waals surface area contributed by atoms with Gasteiger partial charge < -0.3 is 150 Å². The number of aliphatic hydroxyl groups is 15. The van der Waals surface area contributed by atoms with E-state index in [0.717, 1.165) is 21.6 Å². The molecule has 3 rings (SSSR count). The molecule has 0 spiro atoms. The van der Waals surface area contributed by atoms with Gasteiger partial charge in [-0.05, 0) is 62.8 Å². The fourth-order valence-corrected chi connectivity index (χ4v) is 13.4. The Morgan fingerprint density at radius 3 is 1.27 bits per heavy atom. The zero-order valence-electron chi connectivity index (χ0n) is 65.3. The average molecular weight is 1770 g/mol. The molecule has 0 fully saturated rings. The van der Waals surface area contributed by atoms with Crippen molar-refractivity contribution in [2.75, 3.05) is 75.7 Å². The van der Waals surface area contributed by atoms with Gasteiger partial charge in [-0.25, -0.2) is 19.6 Å². The van der Waals surface area contributed by atoms with E-state index in [1.807, 2.05) is 0 Å². The second-order valence-corrected chi connectivity index (χ2v) is 30.5. The molecule has 2 aromatic heterocycles. The monoisotopic (exact) mass is 1770 g/mol. The third-order valence-electron chi connectivity index (χ3n) is 18.6. The van der Waals surface area contributed by atoms with Gasteiger partial charge in [0.1, 0.15) is 72.8 Å². The number of aliphatic hydroxyl groups excluding tert-OH is 15. The first-order chi connectivity index (χ1) is 57.0. The van der Waals surface area contributed by atoms with Crippen LogP contribution in [0.5, 0.6) is 0 Å². The number of H-pyrrole nitrogens is 1. The van der Waals surface area contributed by atoms with Crippen molar-refractivity contribution in [3.05, 3.63) is 52.1 Å². The molecule has 0 radical (unpaired) electrons. The second kappa shape index (κ2) is 54.6. The number of fused-ring (bicyclic) bond motifs is 1. The standard InChI is InChI=1S/C71H107N13O35S2/c1-119-18-19-120-121-31-42(70(117)118)82-67(113)35(6-15-53(99)76-27-47(93)59(106)62(109)50(96)30-87)22-44(90)40(12-17-55(102)103)80-66(112)34(5-14-52(98)75-26-46(92)58(105)61(108)49(95)29-86)21-43(89)39(11-16-54(100)101)79-65(111)33(4-13-51(97)74-25-45(91)57(104)60(107)48(94)28-85)20-38(88)9-10-41(69(115)116)81-64(110)32-2-7-36(8-3-32)73-23-37-24-77-63-56(78-37)68(114)84-71(72)83-63/h2-3,7-8,24,33-35,39-42,45-50,57-62,73,85-87,91-96,104-109H,4-6,9-23,25-31H2,1H3,(H,74,97)(H,75,98)(H,76,99)(H,79,111)(H,80,112)(H,81,110)(H,82,113)(H,100,101)(H,102,103)(H,115,116)(H,117,118)(H3,72,77,83,84,114)/t33-,34-,35-,39-,40-,41-,42-,45+,46+,47+,48-,49-,50-,57-,58-,59-,60-,61-,62-/m1/s1. The first-order valence-corrected chi connectivity index (χ1v) is 40.1. The maximum Gasteiger partial charge on any atom is 0.327 e. The van der Waals surface area contributed by atoms with Crippen LogP contribution in [0.25, 0.3) is 11.2 Å². The predicted molar refractivity (Wildman–Crippen MR) is 418 cm³/mol. The van der Waals surface area contributed by atoms with Crippen LogP contribution in [0, 0.1) is 17.8 Å². The summed E-state index contributed by atoms with van der Waals surface area (Å²) < 4.78 is 4.98. The Labute approximate surface area is 696 Å². The van der Waals surface area contributed by atoms with Gasteiger partial charge in [-0.15, -0.1) is 0 Å². The zero-order valence-corrected chi connectivity index (χ0v) is 66.9. The van der Waals surface area contributed by atoms with Crippen LogP contribution < -0.4 is 53.8 Å². The smallest absolute Gasteiger partial charge is 0.327 e. The molecular formula is C71H107N13O35S2. The number of ketones is 3. The summed E-state index contributed by atoms with van der Waals surface area (Å²) in [5.41, 5.74) is 5.43. The van der Waals surface area contributed by atoms with E-state index in [1.54, 1.807) is 0 Å². The normalized spacial score (nSPS) is 16.2. The van der Waals surface area contributed by atoms with Crippen molar-refractivity contribution in [3.63, 3.8) is 0 Å². The molecule has 48 nitrogen and oxygen atoms in total. The number of anilines is 2. The average Bonchev–Trinajstić information content (AvgIpc) is 0.809. The molecule has 678 valence electrons. The molecular weight excluding hydrogens is 1660 g/mol. The number of methoxy groups -OCH3 is 1. The van der Waals surface area contributed by atoms with Crippen LogP contribution in [0.4, 0.5) is 11.6 Å². The minimum atomic E-state index is -2.22. The number of nitrogens with two attached hydrogens (primary N) is 1. The van der Waals surface area contributed by atoms with Gasteiger partial charge in [0.15, 0.2) is 22.7 Å². The van der Waals surface area contributed by atoms with Gasteiger partial charge in [0, 0.05) is 125 Å². The number of carboxylic acid groups (broad SMARTS) is 4. The van der Waals surface area contributed by atoms with E-state index in [-0.39, 0.29) is 41.6 Å². The van der Waals surface area contributed by atoms with Gasteiger partial charge in [0.2, 0.25) is 41.4 Å². The van der Waals surface area contributed by atoms with E-state index >= 15 is 0 Å². The molecule has 121 heavy (non-hydrogen) atoms. The van der Waals surface area contributed by atoms with Crippen molar-refractivity contribution < 1.29 is 169 Å². The number of carbonyl (C=O) groups excluding carboxylic acids is 10. The Bertz CT molecular complexity index is 3970. The largest absolute Gasteiger partial charge is 0.481 e. The third kappa shape index (κ3) is 38.1. The van der Waals surface area contributed by atoms with Gasteiger partial charge in [0.05, 0.1) is 75.3 Å². The van der Waals surface area contributed by atoms with Gasteiger partial charge in [0.25, 0.3) is 11.5 Å². The number of ether oxygens (including phenoxy) is 1. The van der Waals surface area contributed by atoms with Crippen LogP contribution in [0.2, 0.25) is 0 Å². The second-order valence-electron chi connectivity index (χ2n) is 27.9. The number of nitrogens with one attached hydrogen (secondary N) is 9. The molecule has 7 amide bonds. The molecule has 0 saturated carbocycles. The van der Waals surface area contributed by atoms with Crippen LogP contribution in [-0.2, 0) is 73.6 Å². The van der Waals surface area contributed by atoms with Gasteiger partial charge in [-0.3, -0.25) is 67.3 Å². The fraction of sp³-hybridized carbons (Fsp3) is 0.634. The molecule has 3 aromatic rings. The summed E-state index contributed by atoms with van der Waals surface area (Å²) in [7, 11) is 3.53. The predicted octanol–water partition coefficient (Wildman–Crippen LogP) is -10.1. The van der Waals surface area contributed by atoms with Crippen LogP contribution in [0.15, 0.2) is 35.3 Å². The van der Waals surface area contributed by atoms with E-state index < -0.39 is 339 Å². The lowest BCUT2D eigenvalue weighted by atomic mass is 9.89. The number of aromatic nitrogens is 4. The summed E-state index contributed by atoms with van der Waals surface area (Å²) >= 11 is 0. The summed E-state index contributed by atoms with van der Waals surface area (Å²) in [6, 6.07) is -2.13. The van der Waals surface area contributed by atoms with Crippen molar-refractivity contribution >= 4 is 127 Å². The lowest BCUT2D eigenvalue weighted by molar-refractivity contribution is -0.142. The highest BCUT2D eigenvalue weighted by atomic mass is 33.1. The van der Waals surface area contributed by atoms with E-state index in [0.29, 0.717) is 17.1 Å². The van der Waals surface area contributed by atoms with Crippen LogP contribution in [0.3, 0.4) is 0 Å². The molecule has 0 unspecified atom stereocenters. The topological polar surface area (TPSA) is 826 Å². The quantitative estimate of drug-likeness (QED) is 0.0184. The maximum absolute atomic E-state index is 14.8. The number of hydrogen-bond donors (Lipinski definition) is 29. The number of carboxylic acids is 4. The zero-order chi connectivity index (χ0) is 90.9. The van der Waals surface area contributed by atoms with Crippen LogP contribution >= 0.6 is 21.6 Å².